The van der Waals surface area contributed by atoms with Crippen LogP contribution in [0.1, 0.15) is 11.1 Å². The molecule has 3 N–H and O–H groups in total. The Morgan fingerprint density at radius 3 is 2.43 bits per heavy atom. The number of rotatable bonds is 6. The molecule has 21 heavy (non-hydrogen) atoms. The zero-order valence-electron chi connectivity index (χ0n) is 11.6. The number of nitrogen functional groups attached to an aromatic ring is 1. The van der Waals surface area contributed by atoms with E-state index in [1.54, 1.807) is 0 Å². The van der Waals surface area contributed by atoms with Gasteiger partial charge in [0.25, 0.3) is 6.43 Å². The number of halogens is 3. The summed E-state index contributed by atoms with van der Waals surface area (Å²) in [5.74, 6) is -0.772. The van der Waals surface area contributed by atoms with Crippen LogP contribution in [0.5, 0.6) is 0 Å². The van der Waals surface area contributed by atoms with Gasteiger partial charge in [0.2, 0.25) is 10.0 Å². The molecule has 0 aliphatic heterocycles. The molecule has 5 nitrogen and oxygen atoms in total. The van der Waals surface area contributed by atoms with Crippen LogP contribution in [-0.2, 0) is 10.0 Å². The van der Waals surface area contributed by atoms with Crippen molar-refractivity contribution in [2.24, 2.45) is 0 Å². The van der Waals surface area contributed by atoms with Crippen molar-refractivity contribution in [2.75, 3.05) is 25.4 Å². The Labute approximate surface area is 121 Å². The molecule has 0 bridgehead atoms. The number of sulfonamides is 1. The van der Waals surface area contributed by atoms with Gasteiger partial charge in [0, 0.05) is 6.54 Å². The van der Waals surface area contributed by atoms with Gasteiger partial charge in [-0.2, -0.15) is 4.31 Å². The van der Waals surface area contributed by atoms with Gasteiger partial charge in [-0.15, -0.1) is 0 Å². The summed E-state index contributed by atoms with van der Waals surface area (Å²) in [6.07, 6.45) is -2.90. The number of aryl methyl sites for hydroxylation is 1. The highest BCUT2D eigenvalue weighted by Gasteiger charge is 2.31. The lowest BCUT2D eigenvalue weighted by atomic mass is 10.1. The molecule has 0 spiro atoms. The van der Waals surface area contributed by atoms with Crippen LogP contribution in [0, 0.1) is 19.7 Å². The highest BCUT2D eigenvalue weighted by atomic mass is 32.2. The summed E-state index contributed by atoms with van der Waals surface area (Å²) < 4.78 is 63.9. The quantitative estimate of drug-likeness (QED) is 0.771. The smallest absolute Gasteiger partial charge is 0.252 e. The van der Waals surface area contributed by atoms with E-state index in [1.807, 2.05) is 0 Å². The number of aliphatic hydroxyl groups excluding tert-OH is 1. The number of hydrogen-bond donors (Lipinski definition) is 2. The van der Waals surface area contributed by atoms with Gasteiger partial charge >= 0.3 is 0 Å². The van der Waals surface area contributed by atoms with Crippen molar-refractivity contribution in [1.29, 1.82) is 0 Å². The van der Waals surface area contributed by atoms with Gasteiger partial charge in [-0.05, 0) is 31.0 Å². The predicted molar refractivity (Wildman–Crippen MR) is 72.1 cm³/mol. The van der Waals surface area contributed by atoms with Crippen LogP contribution in [0.4, 0.5) is 18.9 Å². The molecule has 0 saturated heterocycles. The standard InChI is InChI=1S/C12H17F3N2O3S/c1-7-5-9(13)11(16)8(2)12(7)21(19,20)17(3-4-18)6-10(14)15/h5,10,18H,3-4,6,16H2,1-2H3. The van der Waals surface area contributed by atoms with Gasteiger partial charge in [0.05, 0.1) is 23.7 Å². The molecule has 0 fully saturated rings. The van der Waals surface area contributed by atoms with E-state index in [4.69, 9.17) is 10.8 Å². The van der Waals surface area contributed by atoms with Gasteiger partial charge in [0.1, 0.15) is 5.82 Å². The average Bonchev–Trinajstić information content (AvgIpc) is 2.34. The summed E-state index contributed by atoms with van der Waals surface area (Å²) in [5.41, 5.74) is 5.15. The van der Waals surface area contributed by atoms with E-state index < -0.39 is 42.0 Å². The third kappa shape index (κ3) is 3.66. The average molecular weight is 326 g/mol. The number of benzene rings is 1. The molecular weight excluding hydrogens is 309 g/mol. The molecule has 1 aromatic carbocycles. The van der Waals surface area contributed by atoms with E-state index in [1.165, 1.54) is 13.8 Å². The minimum atomic E-state index is -4.31. The second-order valence-electron chi connectivity index (χ2n) is 4.52. The van der Waals surface area contributed by atoms with Crippen molar-refractivity contribution in [3.63, 3.8) is 0 Å². The zero-order chi connectivity index (χ0) is 16.4. The maximum atomic E-state index is 13.5. The second kappa shape index (κ2) is 6.63. The molecule has 0 unspecified atom stereocenters. The fourth-order valence-corrected chi connectivity index (χ4v) is 3.88. The summed E-state index contributed by atoms with van der Waals surface area (Å²) in [5, 5.41) is 8.86. The first-order valence-electron chi connectivity index (χ1n) is 6.07. The maximum absolute atomic E-state index is 13.5. The molecule has 1 aromatic rings. The van der Waals surface area contributed by atoms with E-state index in [0.717, 1.165) is 6.07 Å². The number of nitrogens with zero attached hydrogens (tertiary/aromatic N) is 1. The van der Waals surface area contributed by atoms with E-state index >= 15 is 0 Å². The Morgan fingerprint density at radius 1 is 1.38 bits per heavy atom. The van der Waals surface area contributed by atoms with Crippen molar-refractivity contribution in [1.82, 2.24) is 4.31 Å². The molecule has 120 valence electrons. The van der Waals surface area contributed by atoms with Crippen LogP contribution in [0.2, 0.25) is 0 Å². The summed E-state index contributed by atoms with van der Waals surface area (Å²) in [4.78, 5) is -0.310. The third-order valence-electron chi connectivity index (χ3n) is 2.99. The lowest BCUT2D eigenvalue weighted by Gasteiger charge is -2.23. The highest BCUT2D eigenvalue weighted by Crippen LogP contribution is 2.30. The number of aliphatic hydroxyl groups is 1. The lowest BCUT2D eigenvalue weighted by molar-refractivity contribution is 0.113. The topological polar surface area (TPSA) is 83.6 Å². The van der Waals surface area contributed by atoms with E-state index in [9.17, 15) is 21.6 Å². The van der Waals surface area contributed by atoms with Crippen LogP contribution < -0.4 is 5.73 Å². The lowest BCUT2D eigenvalue weighted by Crippen LogP contribution is -2.38. The molecule has 1 rings (SSSR count). The van der Waals surface area contributed by atoms with Gasteiger partial charge in [-0.1, -0.05) is 0 Å². The largest absolute Gasteiger partial charge is 0.396 e. The number of hydrogen-bond acceptors (Lipinski definition) is 4. The van der Waals surface area contributed by atoms with Gasteiger partial charge in [-0.25, -0.2) is 21.6 Å². The van der Waals surface area contributed by atoms with Gasteiger partial charge in [-0.3, -0.25) is 0 Å². The van der Waals surface area contributed by atoms with Crippen LogP contribution in [0.15, 0.2) is 11.0 Å². The van der Waals surface area contributed by atoms with Crippen molar-refractivity contribution in [3.05, 3.63) is 23.0 Å². The van der Waals surface area contributed by atoms with Crippen molar-refractivity contribution < 1.29 is 26.7 Å². The summed E-state index contributed by atoms with van der Waals surface area (Å²) in [7, 11) is -4.31. The Balaban J connectivity index is 3.45. The SMILES string of the molecule is Cc1cc(F)c(N)c(C)c1S(=O)(=O)N(CCO)CC(F)F. The molecule has 0 aliphatic carbocycles. The first-order chi connectivity index (χ1) is 9.62. The molecule has 0 aromatic heterocycles. The van der Waals surface area contributed by atoms with Crippen molar-refractivity contribution in [2.45, 2.75) is 25.2 Å². The Hall–Kier alpha value is -1.32. The number of anilines is 1. The second-order valence-corrected chi connectivity index (χ2v) is 6.40. The monoisotopic (exact) mass is 326 g/mol. The summed E-state index contributed by atoms with van der Waals surface area (Å²) in [6.45, 7) is 0.502. The van der Waals surface area contributed by atoms with E-state index in [0.29, 0.717) is 4.31 Å². The molecule has 0 atom stereocenters. The normalized spacial score (nSPS) is 12.4. The number of nitrogens with two attached hydrogens (primary N) is 1. The number of alkyl halides is 2. The minimum Gasteiger partial charge on any atom is -0.396 e. The first kappa shape index (κ1) is 17.7. The minimum absolute atomic E-state index is 0.0373. The Kier molecular flexibility index (Phi) is 5.60. The van der Waals surface area contributed by atoms with E-state index in [2.05, 4.69) is 0 Å². The molecule has 0 radical (unpaired) electrons. The fraction of sp³-hybridized carbons (Fsp3) is 0.500. The fourth-order valence-electron chi connectivity index (χ4n) is 2.03. The van der Waals surface area contributed by atoms with Crippen LogP contribution in [-0.4, -0.2) is 44.0 Å². The van der Waals surface area contributed by atoms with Crippen LogP contribution in [0.25, 0.3) is 0 Å². The van der Waals surface area contributed by atoms with Crippen molar-refractivity contribution >= 4 is 15.7 Å². The maximum Gasteiger partial charge on any atom is 0.252 e. The van der Waals surface area contributed by atoms with E-state index in [-0.39, 0.29) is 21.7 Å². The van der Waals surface area contributed by atoms with Crippen LogP contribution >= 0.6 is 0 Å². The Morgan fingerprint density at radius 2 is 1.95 bits per heavy atom. The van der Waals surface area contributed by atoms with Gasteiger partial charge in [0.15, 0.2) is 0 Å². The molecule has 0 heterocycles. The Bertz CT molecular complexity index is 621. The zero-order valence-corrected chi connectivity index (χ0v) is 12.4. The van der Waals surface area contributed by atoms with Gasteiger partial charge < -0.3 is 10.8 Å². The molecule has 0 saturated carbocycles. The molecular formula is C12H17F3N2O3S. The van der Waals surface area contributed by atoms with Crippen LogP contribution in [0.3, 0.4) is 0 Å². The van der Waals surface area contributed by atoms with Crippen molar-refractivity contribution in [3.8, 4) is 0 Å². The summed E-state index contributed by atoms with van der Waals surface area (Å²) >= 11 is 0. The molecule has 9 heteroatoms. The first-order valence-corrected chi connectivity index (χ1v) is 7.51. The third-order valence-corrected chi connectivity index (χ3v) is 5.15. The highest BCUT2D eigenvalue weighted by molar-refractivity contribution is 7.89. The molecule has 0 aliphatic rings. The molecule has 0 amide bonds. The summed E-state index contributed by atoms with van der Waals surface area (Å²) in [6, 6.07) is 0.939. The predicted octanol–water partition coefficient (Wildman–Crippen LogP) is 1.27.